The molecule has 2 rings (SSSR count). The Morgan fingerprint density at radius 1 is 1.28 bits per heavy atom. The summed E-state index contributed by atoms with van der Waals surface area (Å²) in [5.41, 5.74) is 1.70. The van der Waals surface area contributed by atoms with E-state index in [4.69, 9.17) is 0 Å². The lowest BCUT2D eigenvalue weighted by atomic mass is 9.78. The van der Waals surface area contributed by atoms with Gasteiger partial charge in [0.15, 0.2) is 5.13 Å². The van der Waals surface area contributed by atoms with Crippen molar-refractivity contribution >= 4 is 16.5 Å². The molecule has 1 aliphatic carbocycles. The summed E-state index contributed by atoms with van der Waals surface area (Å²) in [6.45, 7) is 10.0. The van der Waals surface area contributed by atoms with Crippen LogP contribution in [-0.2, 0) is 0 Å². The predicted molar refractivity (Wildman–Crippen MR) is 80.4 cm³/mol. The van der Waals surface area contributed by atoms with Crippen LogP contribution in [0.3, 0.4) is 0 Å². The van der Waals surface area contributed by atoms with Crippen LogP contribution in [0, 0.1) is 25.2 Å². The average Bonchev–Trinajstić information content (AvgIpc) is 2.85. The minimum atomic E-state index is 0.529. The van der Waals surface area contributed by atoms with Crippen molar-refractivity contribution in [1.29, 1.82) is 0 Å². The second-order valence-electron chi connectivity index (χ2n) is 6.32. The molecule has 1 heterocycles. The third-order valence-electron chi connectivity index (χ3n) is 4.15. The number of nitrogens with one attached hydrogen (secondary N) is 1. The molecule has 0 aromatic carbocycles. The number of nitrogens with zero attached hydrogens (tertiary/aromatic N) is 1. The first-order valence-corrected chi connectivity index (χ1v) is 8.00. The number of hydrogen-bond donors (Lipinski definition) is 1. The Morgan fingerprint density at radius 2 is 1.94 bits per heavy atom. The highest BCUT2D eigenvalue weighted by Crippen LogP contribution is 2.43. The molecule has 0 bridgehead atoms. The molecule has 1 saturated carbocycles. The first kappa shape index (κ1) is 13.9. The number of anilines is 1. The van der Waals surface area contributed by atoms with Gasteiger partial charge < -0.3 is 5.32 Å². The maximum absolute atomic E-state index is 4.59. The van der Waals surface area contributed by atoms with Crippen LogP contribution >= 0.6 is 11.3 Å². The molecule has 2 nitrogen and oxygen atoms in total. The molecule has 0 aliphatic heterocycles. The summed E-state index contributed by atoms with van der Waals surface area (Å²) in [4.78, 5) is 5.92. The summed E-state index contributed by atoms with van der Waals surface area (Å²) in [6.07, 6.45) is 6.95. The lowest BCUT2D eigenvalue weighted by Crippen LogP contribution is -2.28. The number of thiazole rings is 1. The van der Waals surface area contributed by atoms with E-state index in [0.717, 1.165) is 17.6 Å². The smallest absolute Gasteiger partial charge is 0.183 e. The summed E-state index contributed by atoms with van der Waals surface area (Å²) in [7, 11) is 0. The van der Waals surface area contributed by atoms with Gasteiger partial charge in [0.1, 0.15) is 0 Å². The lowest BCUT2D eigenvalue weighted by Gasteiger charge is -2.31. The molecule has 102 valence electrons. The SMILES string of the molecule is Cc1nc(NCC2(CC(C)C)CCCC2)sc1C. The van der Waals surface area contributed by atoms with Crippen molar-refractivity contribution in [3.05, 3.63) is 10.6 Å². The molecule has 1 aromatic heterocycles. The Balaban J connectivity index is 1.97. The van der Waals surface area contributed by atoms with E-state index in [1.807, 2.05) is 0 Å². The predicted octanol–water partition coefficient (Wildman–Crippen LogP) is 4.78. The van der Waals surface area contributed by atoms with E-state index < -0.39 is 0 Å². The van der Waals surface area contributed by atoms with Crippen LogP contribution in [0.2, 0.25) is 0 Å². The molecule has 0 radical (unpaired) electrons. The molecule has 1 aromatic rings. The van der Waals surface area contributed by atoms with Crippen LogP contribution < -0.4 is 5.32 Å². The van der Waals surface area contributed by atoms with E-state index in [-0.39, 0.29) is 0 Å². The largest absolute Gasteiger partial charge is 0.361 e. The van der Waals surface area contributed by atoms with Crippen molar-refractivity contribution in [2.75, 3.05) is 11.9 Å². The Hall–Kier alpha value is -0.570. The van der Waals surface area contributed by atoms with Crippen LogP contribution in [0.5, 0.6) is 0 Å². The van der Waals surface area contributed by atoms with Crippen molar-refractivity contribution in [2.24, 2.45) is 11.3 Å². The van der Waals surface area contributed by atoms with Crippen LogP contribution in [0.4, 0.5) is 5.13 Å². The third-order valence-corrected chi connectivity index (χ3v) is 5.18. The Labute approximate surface area is 115 Å². The average molecular weight is 266 g/mol. The van der Waals surface area contributed by atoms with Crippen molar-refractivity contribution in [3.63, 3.8) is 0 Å². The highest BCUT2D eigenvalue weighted by atomic mass is 32.1. The van der Waals surface area contributed by atoms with Gasteiger partial charge in [-0.15, -0.1) is 11.3 Å². The Bertz CT molecular complexity index is 370. The highest BCUT2D eigenvalue weighted by Gasteiger charge is 2.34. The summed E-state index contributed by atoms with van der Waals surface area (Å²) in [5.74, 6) is 0.796. The van der Waals surface area contributed by atoms with Crippen LogP contribution in [0.15, 0.2) is 0 Å². The van der Waals surface area contributed by atoms with E-state index in [9.17, 15) is 0 Å². The summed E-state index contributed by atoms with van der Waals surface area (Å²) >= 11 is 1.79. The van der Waals surface area contributed by atoms with Gasteiger partial charge >= 0.3 is 0 Å². The van der Waals surface area contributed by atoms with Gasteiger partial charge in [-0.2, -0.15) is 0 Å². The second-order valence-corrected chi connectivity index (χ2v) is 7.52. The van der Waals surface area contributed by atoms with Crippen molar-refractivity contribution in [3.8, 4) is 0 Å². The molecule has 18 heavy (non-hydrogen) atoms. The van der Waals surface area contributed by atoms with Gasteiger partial charge in [-0.3, -0.25) is 0 Å². The topological polar surface area (TPSA) is 24.9 Å². The first-order valence-electron chi connectivity index (χ1n) is 7.19. The lowest BCUT2D eigenvalue weighted by molar-refractivity contribution is 0.252. The zero-order chi connectivity index (χ0) is 13.2. The first-order chi connectivity index (χ1) is 8.51. The van der Waals surface area contributed by atoms with E-state index in [1.165, 1.54) is 42.7 Å². The molecule has 0 spiro atoms. The fourth-order valence-corrected chi connectivity index (χ4v) is 4.07. The maximum atomic E-state index is 4.59. The second kappa shape index (κ2) is 5.60. The number of rotatable bonds is 5. The zero-order valence-electron chi connectivity index (χ0n) is 12.2. The normalized spacial score (nSPS) is 18.5. The van der Waals surface area contributed by atoms with E-state index in [1.54, 1.807) is 11.3 Å². The third kappa shape index (κ3) is 3.25. The fourth-order valence-electron chi connectivity index (χ4n) is 3.26. The van der Waals surface area contributed by atoms with Gasteiger partial charge in [0.25, 0.3) is 0 Å². The highest BCUT2D eigenvalue weighted by molar-refractivity contribution is 7.15. The van der Waals surface area contributed by atoms with Gasteiger partial charge in [-0.05, 0) is 44.4 Å². The van der Waals surface area contributed by atoms with Crippen molar-refractivity contribution in [2.45, 2.75) is 59.8 Å². The molecule has 0 atom stereocenters. The van der Waals surface area contributed by atoms with Crippen molar-refractivity contribution < 1.29 is 0 Å². The molecular weight excluding hydrogens is 240 g/mol. The molecule has 0 saturated heterocycles. The fraction of sp³-hybridized carbons (Fsp3) is 0.800. The molecule has 3 heteroatoms. The zero-order valence-corrected chi connectivity index (χ0v) is 13.0. The van der Waals surface area contributed by atoms with Gasteiger partial charge in [0.2, 0.25) is 0 Å². The van der Waals surface area contributed by atoms with E-state index in [2.05, 4.69) is 38.0 Å². The number of aryl methyl sites for hydroxylation is 2. The van der Waals surface area contributed by atoms with Gasteiger partial charge in [-0.25, -0.2) is 4.98 Å². The molecule has 1 aliphatic rings. The standard InChI is InChI=1S/C15H26N2S/c1-11(2)9-15(7-5-6-8-15)10-16-14-17-12(3)13(4)18-14/h11H,5-10H2,1-4H3,(H,16,17). The van der Waals surface area contributed by atoms with Crippen LogP contribution in [0.25, 0.3) is 0 Å². The van der Waals surface area contributed by atoms with Crippen LogP contribution in [-0.4, -0.2) is 11.5 Å². The summed E-state index contributed by atoms with van der Waals surface area (Å²) in [5, 5.41) is 4.71. The molecule has 1 fully saturated rings. The van der Waals surface area contributed by atoms with Gasteiger partial charge in [0, 0.05) is 11.4 Å². The van der Waals surface area contributed by atoms with Gasteiger partial charge in [-0.1, -0.05) is 26.7 Å². The molecule has 0 unspecified atom stereocenters. The van der Waals surface area contributed by atoms with Gasteiger partial charge in [0.05, 0.1) is 5.69 Å². The molecule has 1 N–H and O–H groups in total. The summed E-state index contributed by atoms with van der Waals surface area (Å²) in [6, 6.07) is 0. The maximum Gasteiger partial charge on any atom is 0.183 e. The number of aromatic nitrogens is 1. The minimum absolute atomic E-state index is 0.529. The Morgan fingerprint density at radius 3 is 2.44 bits per heavy atom. The minimum Gasteiger partial charge on any atom is -0.361 e. The molecular formula is C15H26N2S. The molecule has 0 amide bonds. The monoisotopic (exact) mass is 266 g/mol. The van der Waals surface area contributed by atoms with Crippen LogP contribution in [0.1, 0.15) is 56.5 Å². The van der Waals surface area contributed by atoms with E-state index in [0.29, 0.717) is 5.41 Å². The van der Waals surface area contributed by atoms with Crippen molar-refractivity contribution in [1.82, 2.24) is 4.98 Å². The number of hydrogen-bond acceptors (Lipinski definition) is 3. The summed E-state index contributed by atoms with van der Waals surface area (Å²) < 4.78 is 0. The quantitative estimate of drug-likeness (QED) is 0.829. The Kier molecular flexibility index (Phi) is 4.31. The van der Waals surface area contributed by atoms with E-state index >= 15 is 0 Å².